The van der Waals surface area contributed by atoms with Gasteiger partial charge in [0.2, 0.25) is 0 Å². The molecule has 0 spiro atoms. The number of amides is 1. The lowest BCUT2D eigenvalue weighted by Crippen LogP contribution is -2.50. The Bertz CT molecular complexity index is 428. The van der Waals surface area contributed by atoms with E-state index < -0.39 is 17.6 Å². The summed E-state index contributed by atoms with van der Waals surface area (Å²) in [5.74, 6) is -0.794. The van der Waals surface area contributed by atoms with E-state index in [1.807, 2.05) is 0 Å². The predicted molar refractivity (Wildman–Crippen MR) is 65.0 cm³/mol. The molecule has 6 heteroatoms. The lowest BCUT2D eigenvalue weighted by molar-refractivity contribution is -0.143. The molecule has 2 N–H and O–H groups in total. The van der Waals surface area contributed by atoms with E-state index in [1.54, 1.807) is 24.3 Å². The minimum absolute atomic E-state index is 0.340. The van der Waals surface area contributed by atoms with Gasteiger partial charge >= 0.3 is 12.1 Å². The first kappa shape index (κ1) is 13.5. The molecule has 0 aliphatic carbocycles. The van der Waals surface area contributed by atoms with Gasteiger partial charge in [-0.3, -0.25) is 0 Å². The Morgan fingerprint density at radius 1 is 1.29 bits per heavy atom. The molecule has 0 radical (unpaired) electrons. The number of carbonyl (C=O) groups is 2. The van der Waals surface area contributed by atoms with Crippen molar-refractivity contribution in [1.29, 1.82) is 0 Å². The first-order chi connectivity index (χ1) is 7.81. The Kier molecular flexibility index (Phi) is 4.11. The molecule has 0 unspecified atom stereocenters. The molecule has 5 nitrogen and oxygen atoms in total. The van der Waals surface area contributed by atoms with Gasteiger partial charge in [-0.15, -0.1) is 0 Å². The number of ether oxygens (including phenoxy) is 1. The van der Waals surface area contributed by atoms with Crippen LogP contribution in [0.4, 0.5) is 4.79 Å². The van der Waals surface area contributed by atoms with Crippen LogP contribution >= 0.6 is 15.9 Å². The topological polar surface area (TPSA) is 75.6 Å². The average Bonchev–Trinajstić information content (AvgIpc) is 2.20. The van der Waals surface area contributed by atoms with Crippen molar-refractivity contribution in [2.24, 2.45) is 0 Å². The molecule has 0 saturated carbocycles. The summed E-state index contributed by atoms with van der Waals surface area (Å²) in [5.41, 5.74) is -1.37. The molecule has 17 heavy (non-hydrogen) atoms. The van der Waals surface area contributed by atoms with Crippen molar-refractivity contribution in [2.75, 3.05) is 0 Å². The highest BCUT2D eigenvalue weighted by molar-refractivity contribution is 9.10. The van der Waals surface area contributed by atoms with Gasteiger partial charge in [0.15, 0.2) is 0 Å². The highest BCUT2D eigenvalue weighted by atomic mass is 79.9. The highest BCUT2D eigenvalue weighted by Gasteiger charge is 2.29. The lowest BCUT2D eigenvalue weighted by Gasteiger charge is -2.20. The van der Waals surface area contributed by atoms with Crippen LogP contribution in [0.3, 0.4) is 0 Å². The molecule has 1 aromatic carbocycles. The molecular weight excluding hydrogens is 290 g/mol. The second kappa shape index (κ2) is 5.18. The second-order valence-corrected chi connectivity index (χ2v) is 4.81. The van der Waals surface area contributed by atoms with Crippen LogP contribution < -0.4 is 10.1 Å². The normalized spacial score (nSPS) is 10.8. The van der Waals surface area contributed by atoms with E-state index in [1.165, 1.54) is 13.8 Å². The zero-order valence-corrected chi connectivity index (χ0v) is 10.9. The van der Waals surface area contributed by atoms with Gasteiger partial charge in [-0.1, -0.05) is 15.9 Å². The lowest BCUT2D eigenvalue weighted by atomic mass is 10.1. The van der Waals surface area contributed by atoms with E-state index in [0.717, 1.165) is 4.47 Å². The zero-order valence-electron chi connectivity index (χ0n) is 9.36. The fourth-order valence-electron chi connectivity index (χ4n) is 0.944. The third-order valence-electron chi connectivity index (χ3n) is 1.97. The molecule has 0 atom stereocenters. The zero-order chi connectivity index (χ0) is 13.1. The van der Waals surface area contributed by atoms with Crippen LogP contribution in [-0.4, -0.2) is 22.7 Å². The van der Waals surface area contributed by atoms with Gasteiger partial charge in [-0.25, -0.2) is 9.59 Å². The number of carbonyl (C=O) groups excluding carboxylic acids is 1. The molecule has 1 amide bonds. The number of halogens is 1. The van der Waals surface area contributed by atoms with E-state index in [9.17, 15) is 9.59 Å². The fraction of sp³-hybridized carbons (Fsp3) is 0.273. The molecule has 0 aromatic heterocycles. The van der Waals surface area contributed by atoms with Crippen molar-refractivity contribution in [3.05, 3.63) is 28.7 Å². The number of hydrogen-bond donors (Lipinski definition) is 2. The summed E-state index contributed by atoms with van der Waals surface area (Å²) in [6.07, 6.45) is -0.806. The second-order valence-electron chi connectivity index (χ2n) is 3.90. The highest BCUT2D eigenvalue weighted by Crippen LogP contribution is 2.16. The van der Waals surface area contributed by atoms with Crippen molar-refractivity contribution in [1.82, 2.24) is 5.32 Å². The van der Waals surface area contributed by atoms with Crippen molar-refractivity contribution in [3.8, 4) is 5.75 Å². The number of carboxylic acid groups (broad SMARTS) is 1. The summed E-state index contributed by atoms with van der Waals surface area (Å²) >= 11 is 3.25. The Balaban J connectivity index is 2.62. The van der Waals surface area contributed by atoms with Crippen LogP contribution in [-0.2, 0) is 4.79 Å². The third kappa shape index (κ3) is 4.07. The Morgan fingerprint density at radius 3 is 2.29 bits per heavy atom. The van der Waals surface area contributed by atoms with Gasteiger partial charge in [0, 0.05) is 4.47 Å². The molecule has 92 valence electrons. The number of nitrogens with one attached hydrogen (secondary N) is 1. The molecule has 0 bridgehead atoms. The number of benzene rings is 1. The van der Waals surface area contributed by atoms with Crippen LogP contribution in [0.15, 0.2) is 28.7 Å². The van der Waals surface area contributed by atoms with Gasteiger partial charge in [0.05, 0.1) is 0 Å². The van der Waals surface area contributed by atoms with Crippen LogP contribution in [0.5, 0.6) is 5.75 Å². The van der Waals surface area contributed by atoms with Crippen molar-refractivity contribution >= 4 is 28.0 Å². The molecule has 1 aromatic rings. The standard InChI is InChI=1S/C11H12BrNO4/c1-11(2,9(14)15)13-10(16)17-8-5-3-7(12)4-6-8/h3-6H,1-2H3,(H,13,16)(H,14,15). The quantitative estimate of drug-likeness (QED) is 0.899. The van der Waals surface area contributed by atoms with Gasteiger partial charge in [0.25, 0.3) is 0 Å². The minimum atomic E-state index is -1.37. The Hall–Kier alpha value is -1.56. The molecule has 0 saturated heterocycles. The first-order valence-electron chi connectivity index (χ1n) is 4.80. The maximum atomic E-state index is 11.4. The van der Waals surface area contributed by atoms with Crippen LogP contribution in [0.2, 0.25) is 0 Å². The van der Waals surface area contributed by atoms with Gasteiger partial charge in [-0.2, -0.15) is 0 Å². The monoisotopic (exact) mass is 301 g/mol. The molecule has 0 fully saturated rings. The molecule has 1 rings (SSSR count). The summed E-state index contributed by atoms with van der Waals surface area (Å²) < 4.78 is 5.78. The van der Waals surface area contributed by atoms with E-state index in [4.69, 9.17) is 9.84 Å². The van der Waals surface area contributed by atoms with Crippen molar-refractivity contribution in [2.45, 2.75) is 19.4 Å². The maximum Gasteiger partial charge on any atom is 0.413 e. The Morgan fingerprint density at radius 2 is 1.82 bits per heavy atom. The van der Waals surface area contributed by atoms with Crippen LogP contribution in [0.25, 0.3) is 0 Å². The van der Waals surface area contributed by atoms with Gasteiger partial charge in [-0.05, 0) is 38.1 Å². The smallest absolute Gasteiger partial charge is 0.413 e. The largest absolute Gasteiger partial charge is 0.480 e. The molecule has 0 heterocycles. The minimum Gasteiger partial charge on any atom is -0.480 e. The van der Waals surface area contributed by atoms with E-state index in [2.05, 4.69) is 21.2 Å². The van der Waals surface area contributed by atoms with Crippen LogP contribution in [0.1, 0.15) is 13.8 Å². The summed E-state index contributed by atoms with van der Waals surface area (Å²) in [6.45, 7) is 2.75. The number of aliphatic carboxylic acids is 1. The fourth-order valence-corrected chi connectivity index (χ4v) is 1.21. The summed E-state index contributed by atoms with van der Waals surface area (Å²) in [5, 5.41) is 11.1. The summed E-state index contributed by atoms with van der Waals surface area (Å²) in [4.78, 5) is 22.2. The molecule has 0 aliphatic rings. The van der Waals surface area contributed by atoms with E-state index in [0.29, 0.717) is 5.75 Å². The number of rotatable bonds is 3. The number of carboxylic acids is 1. The summed E-state index contributed by atoms with van der Waals surface area (Å²) in [6, 6.07) is 6.62. The Labute approximate surface area is 107 Å². The predicted octanol–water partition coefficient (Wildman–Crippen LogP) is 2.40. The van der Waals surface area contributed by atoms with Gasteiger partial charge < -0.3 is 15.2 Å². The first-order valence-corrected chi connectivity index (χ1v) is 5.59. The number of hydrogen-bond acceptors (Lipinski definition) is 3. The van der Waals surface area contributed by atoms with Gasteiger partial charge in [0.1, 0.15) is 11.3 Å². The SMILES string of the molecule is CC(C)(NC(=O)Oc1ccc(Br)cc1)C(=O)O. The maximum absolute atomic E-state index is 11.4. The van der Waals surface area contributed by atoms with E-state index >= 15 is 0 Å². The summed E-state index contributed by atoms with van der Waals surface area (Å²) in [7, 11) is 0. The van der Waals surface area contributed by atoms with Crippen molar-refractivity contribution < 1.29 is 19.4 Å². The molecular formula is C11H12BrNO4. The van der Waals surface area contributed by atoms with E-state index in [-0.39, 0.29) is 0 Å². The third-order valence-corrected chi connectivity index (χ3v) is 2.50. The molecule has 0 aliphatic heterocycles. The average molecular weight is 302 g/mol. The van der Waals surface area contributed by atoms with Crippen molar-refractivity contribution in [3.63, 3.8) is 0 Å². The van der Waals surface area contributed by atoms with Crippen LogP contribution in [0, 0.1) is 0 Å².